The average Bonchev–Trinajstić information content (AvgIpc) is 3.31. The monoisotopic (exact) mass is 492 g/mol. The van der Waals surface area contributed by atoms with Crippen molar-refractivity contribution in [3.8, 4) is 10.4 Å². The van der Waals surface area contributed by atoms with Crippen LogP contribution in [0.2, 0.25) is 0 Å². The van der Waals surface area contributed by atoms with Crippen LogP contribution in [0.1, 0.15) is 43.3 Å². The Morgan fingerprint density at radius 1 is 1.26 bits per heavy atom. The van der Waals surface area contributed by atoms with Crippen molar-refractivity contribution >= 4 is 28.9 Å². The van der Waals surface area contributed by atoms with Crippen LogP contribution in [0.4, 0.5) is 24.8 Å². The molecule has 0 bridgehead atoms. The molecule has 1 aromatic carbocycles. The number of carbonyl (C=O) groups is 1. The fourth-order valence-corrected chi connectivity index (χ4v) is 4.94. The third-order valence-corrected chi connectivity index (χ3v) is 6.93. The number of aromatic nitrogens is 3. The molecule has 0 aliphatic heterocycles. The number of anilines is 2. The number of nitrogens with zero attached hydrogens (tertiary/aromatic N) is 3. The molecule has 1 aliphatic rings. The molecule has 0 amide bonds. The summed E-state index contributed by atoms with van der Waals surface area (Å²) in [6, 6.07) is 7.86. The van der Waals surface area contributed by atoms with Crippen molar-refractivity contribution in [2.45, 2.75) is 44.4 Å². The largest absolute Gasteiger partial charge is 0.466 e. The van der Waals surface area contributed by atoms with Gasteiger partial charge in [-0.3, -0.25) is 4.79 Å². The van der Waals surface area contributed by atoms with Gasteiger partial charge in [0.1, 0.15) is 16.3 Å². The predicted molar refractivity (Wildman–Crippen MR) is 120 cm³/mol. The van der Waals surface area contributed by atoms with Crippen molar-refractivity contribution in [3.63, 3.8) is 0 Å². The summed E-state index contributed by atoms with van der Waals surface area (Å²) in [7, 11) is 0. The van der Waals surface area contributed by atoms with Gasteiger partial charge < -0.3 is 15.2 Å². The van der Waals surface area contributed by atoms with Gasteiger partial charge in [-0.2, -0.15) is 13.2 Å². The molecule has 3 aromatic rings. The van der Waals surface area contributed by atoms with Gasteiger partial charge >= 0.3 is 12.1 Å². The molecule has 4 rings (SSSR count). The van der Waals surface area contributed by atoms with Crippen molar-refractivity contribution in [1.82, 2.24) is 15.0 Å². The second kappa shape index (κ2) is 9.67. The lowest BCUT2D eigenvalue weighted by Gasteiger charge is -2.33. The summed E-state index contributed by atoms with van der Waals surface area (Å²) in [6.07, 6.45) is 0.0389. The van der Waals surface area contributed by atoms with Gasteiger partial charge in [0.05, 0.1) is 17.4 Å². The summed E-state index contributed by atoms with van der Waals surface area (Å²) in [4.78, 5) is 24.6. The first-order valence-corrected chi connectivity index (χ1v) is 11.6. The standard InChI is InChI=1S/C23H23F3N4O3S/c1-2-33-19(31)14-6-9-22(32,10-7-14)20-28-13-17(34-20)15-4-3-5-16(12-15)29-21-27-11-8-18(30-21)23(24,25)26/h3-5,8,11-14,32H,2,6-7,9-10H2,1H3,(H,27,29,30)/t14-,22-. The van der Waals surface area contributed by atoms with Crippen LogP contribution >= 0.6 is 11.3 Å². The van der Waals surface area contributed by atoms with E-state index in [1.807, 2.05) is 6.07 Å². The molecular formula is C23H23F3N4O3S. The Morgan fingerprint density at radius 3 is 2.74 bits per heavy atom. The van der Waals surface area contributed by atoms with Crippen LogP contribution in [0.25, 0.3) is 10.4 Å². The summed E-state index contributed by atoms with van der Waals surface area (Å²) in [5.74, 6) is -0.594. The number of thiazole rings is 1. The van der Waals surface area contributed by atoms with E-state index < -0.39 is 17.5 Å². The van der Waals surface area contributed by atoms with Crippen LogP contribution in [0.3, 0.4) is 0 Å². The Labute approximate surface area is 198 Å². The highest BCUT2D eigenvalue weighted by atomic mass is 32.1. The number of benzene rings is 1. The van der Waals surface area contributed by atoms with Crippen molar-refractivity contribution in [1.29, 1.82) is 0 Å². The summed E-state index contributed by atoms with van der Waals surface area (Å²) in [6.45, 7) is 2.11. The smallest absolute Gasteiger partial charge is 0.433 e. The molecule has 1 aliphatic carbocycles. The fourth-order valence-electron chi connectivity index (χ4n) is 3.88. The zero-order valence-corrected chi connectivity index (χ0v) is 19.1. The van der Waals surface area contributed by atoms with Gasteiger partial charge in [0.2, 0.25) is 5.95 Å². The third kappa shape index (κ3) is 5.36. The first kappa shape index (κ1) is 24.1. The van der Waals surface area contributed by atoms with Crippen molar-refractivity contribution in [2.24, 2.45) is 5.92 Å². The van der Waals surface area contributed by atoms with E-state index in [0.29, 0.717) is 43.0 Å². The molecule has 2 aromatic heterocycles. The lowest BCUT2D eigenvalue weighted by molar-refractivity contribution is -0.151. The van der Waals surface area contributed by atoms with Gasteiger partial charge in [-0.15, -0.1) is 11.3 Å². The molecule has 0 saturated heterocycles. The highest BCUT2D eigenvalue weighted by Crippen LogP contribution is 2.43. The Bertz CT molecular complexity index is 1160. The molecule has 0 atom stereocenters. The topological polar surface area (TPSA) is 97.2 Å². The third-order valence-electron chi connectivity index (χ3n) is 5.69. The number of carbonyl (C=O) groups excluding carboxylic acids is 1. The maximum Gasteiger partial charge on any atom is 0.433 e. The highest BCUT2D eigenvalue weighted by Gasteiger charge is 2.39. The molecule has 1 fully saturated rings. The van der Waals surface area contributed by atoms with E-state index in [-0.39, 0.29) is 17.8 Å². The number of halogens is 3. The van der Waals surface area contributed by atoms with Gasteiger partial charge in [-0.1, -0.05) is 12.1 Å². The van der Waals surface area contributed by atoms with Crippen LogP contribution in [0.5, 0.6) is 0 Å². The number of nitrogens with one attached hydrogen (secondary N) is 1. The summed E-state index contributed by atoms with van der Waals surface area (Å²) < 4.78 is 43.8. The number of hydrogen-bond acceptors (Lipinski definition) is 8. The molecule has 2 N–H and O–H groups in total. The fraction of sp³-hybridized carbons (Fsp3) is 0.391. The minimum Gasteiger partial charge on any atom is -0.466 e. The first-order valence-electron chi connectivity index (χ1n) is 10.8. The Balaban J connectivity index is 1.47. The normalized spacial score (nSPS) is 20.7. The van der Waals surface area contributed by atoms with Crippen LogP contribution in [0, 0.1) is 5.92 Å². The summed E-state index contributed by atoms with van der Waals surface area (Å²) in [5.41, 5.74) is -0.836. The Morgan fingerprint density at radius 2 is 2.03 bits per heavy atom. The number of ether oxygens (including phenoxy) is 1. The lowest BCUT2D eigenvalue weighted by atomic mass is 9.79. The van der Waals surface area contributed by atoms with Gasteiger partial charge in [0.15, 0.2) is 0 Å². The molecule has 2 heterocycles. The minimum atomic E-state index is -4.56. The van der Waals surface area contributed by atoms with E-state index in [4.69, 9.17) is 4.74 Å². The van der Waals surface area contributed by atoms with Crippen LogP contribution in [-0.2, 0) is 21.3 Å². The average molecular weight is 493 g/mol. The predicted octanol–water partition coefficient (Wildman–Crippen LogP) is 5.30. The molecule has 0 spiro atoms. The number of rotatable bonds is 6. The Kier molecular flexibility index (Phi) is 6.85. The molecular weight excluding hydrogens is 469 g/mol. The van der Waals surface area contributed by atoms with E-state index in [1.165, 1.54) is 11.3 Å². The van der Waals surface area contributed by atoms with Crippen molar-refractivity contribution < 1.29 is 27.8 Å². The number of aliphatic hydroxyl groups is 1. The van der Waals surface area contributed by atoms with Crippen LogP contribution in [-0.4, -0.2) is 32.6 Å². The molecule has 0 radical (unpaired) electrons. The van der Waals surface area contributed by atoms with Gasteiger partial charge in [0, 0.05) is 18.1 Å². The molecule has 11 heteroatoms. The molecule has 1 saturated carbocycles. The number of hydrogen-bond donors (Lipinski definition) is 2. The van der Waals surface area contributed by atoms with Gasteiger partial charge in [0.25, 0.3) is 0 Å². The lowest BCUT2D eigenvalue weighted by Crippen LogP contribution is -2.34. The zero-order valence-electron chi connectivity index (χ0n) is 18.3. The van der Waals surface area contributed by atoms with E-state index in [1.54, 1.807) is 31.3 Å². The Hall–Kier alpha value is -3.05. The first-order chi connectivity index (χ1) is 16.2. The number of esters is 1. The summed E-state index contributed by atoms with van der Waals surface area (Å²) in [5, 5.41) is 14.5. The van der Waals surface area contributed by atoms with Crippen molar-refractivity contribution in [3.05, 3.63) is 53.4 Å². The van der Waals surface area contributed by atoms with E-state index >= 15 is 0 Å². The minimum absolute atomic E-state index is 0.162. The van der Waals surface area contributed by atoms with Gasteiger partial charge in [-0.25, -0.2) is 15.0 Å². The second-order valence-electron chi connectivity index (χ2n) is 8.06. The maximum atomic E-state index is 12.9. The molecule has 7 nitrogen and oxygen atoms in total. The van der Waals surface area contributed by atoms with Gasteiger partial charge in [-0.05, 0) is 56.4 Å². The number of alkyl halides is 3. The van der Waals surface area contributed by atoms with Crippen molar-refractivity contribution in [2.75, 3.05) is 11.9 Å². The summed E-state index contributed by atoms with van der Waals surface area (Å²) >= 11 is 1.35. The van der Waals surface area contributed by atoms with E-state index in [2.05, 4.69) is 20.3 Å². The second-order valence-corrected chi connectivity index (χ2v) is 9.09. The zero-order chi connectivity index (χ0) is 24.3. The SMILES string of the molecule is CCOC(=O)[C@H]1CC[C@@](O)(c2ncc(-c3cccc(Nc4nccc(C(F)(F)F)n4)c3)s2)CC1. The van der Waals surface area contributed by atoms with Crippen LogP contribution in [0.15, 0.2) is 42.7 Å². The highest BCUT2D eigenvalue weighted by molar-refractivity contribution is 7.15. The van der Waals surface area contributed by atoms with E-state index in [9.17, 15) is 23.1 Å². The quantitative estimate of drug-likeness (QED) is 0.451. The molecule has 180 valence electrons. The van der Waals surface area contributed by atoms with E-state index in [0.717, 1.165) is 22.7 Å². The van der Waals surface area contributed by atoms with Crippen LogP contribution < -0.4 is 5.32 Å². The molecule has 0 unspecified atom stereocenters. The maximum absolute atomic E-state index is 12.9. The molecule has 34 heavy (non-hydrogen) atoms.